The minimum atomic E-state index is -4.20. The van der Waals surface area contributed by atoms with Crippen LogP contribution in [-0.4, -0.2) is 33.0 Å². The van der Waals surface area contributed by atoms with Gasteiger partial charge in [0.1, 0.15) is 11.4 Å². The van der Waals surface area contributed by atoms with Gasteiger partial charge < -0.3 is 9.88 Å². The lowest BCUT2D eigenvalue weighted by Crippen LogP contribution is -2.18. The van der Waals surface area contributed by atoms with Gasteiger partial charge in [-0.05, 0) is 18.9 Å². The molecule has 1 N–H and O–H groups in total. The third-order valence-corrected chi connectivity index (χ3v) is 4.05. The lowest BCUT2D eigenvalue weighted by atomic mass is 9.94. The van der Waals surface area contributed by atoms with Crippen molar-refractivity contribution in [1.29, 1.82) is 0 Å². The SMILES string of the molecule is O=C1CCC(n2ccc3cnc(NCCC(F)(F)F)nc32)CC1. The first-order valence-electron chi connectivity index (χ1n) is 7.58. The summed E-state index contributed by atoms with van der Waals surface area (Å²) in [5, 5.41) is 3.45. The molecule has 5 nitrogen and oxygen atoms in total. The Morgan fingerprint density at radius 1 is 1.30 bits per heavy atom. The van der Waals surface area contributed by atoms with Gasteiger partial charge in [0.2, 0.25) is 5.95 Å². The van der Waals surface area contributed by atoms with E-state index >= 15 is 0 Å². The quantitative estimate of drug-likeness (QED) is 0.934. The van der Waals surface area contributed by atoms with Crippen LogP contribution in [0.4, 0.5) is 19.1 Å². The third-order valence-electron chi connectivity index (χ3n) is 4.05. The number of alkyl halides is 3. The number of aromatic nitrogens is 3. The number of hydrogen-bond acceptors (Lipinski definition) is 4. The highest BCUT2D eigenvalue weighted by atomic mass is 19.4. The molecule has 2 aromatic rings. The second kappa shape index (κ2) is 6.17. The van der Waals surface area contributed by atoms with Crippen LogP contribution < -0.4 is 5.32 Å². The molecule has 2 aromatic heterocycles. The Morgan fingerprint density at radius 3 is 2.74 bits per heavy atom. The number of ketones is 1. The largest absolute Gasteiger partial charge is 0.390 e. The van der Waals surface area contributed by atoms with Gasteiger partial charge in [0.05, 0.1) is 6.42 Å². The number of hydrogen-bond donors (Lipinski definition) is 1. The highest BCUT2D eigenvalue weighted by Crippen LogP contribution is 2.29. The molecule has 0 radical (unpaired) electrons. The summed E-state index contributed by atoms with van der Waals surface area (Å²) < 4.78 is 38.6. The van der Waals surface area contributed by atoms with E-state index in [2.05, 4.69) is 15.3 Å². The summed E-state index contributed by atoms with van der Waals surface area (Å²) in [4.78, 5) is 19.7. The van der Waals surface area contributed by atoms with Crippen molar-refractivity contribution >= 4 is 22.8 Å². The van der Waals surface area contributed by atoms with E-state index in [9.17, 15) is 18.0 Å². The molecule has 1 fully saturated rings. The second-order valence-electron chi connectivity index (χ2n) is 5.76. The van der Waals surface area contributed by atoms with E-state index in [0.29, 0.717) is 18.5 Å². The number of Topliss-reactive ketones (excluding diaryl/α,β-unsaturated/α-hetero) is 1. The summed E-state index contributed by atoms with van der Waals surface area (Å²) in [7, 11) is 0. The molecule has 0 atom stereocenters. The van der Waals surface area contributed by atoms with Gasteiger partial charge in [0.15, 0.2) is 0 Å². The van der Waals surface area contributed by atoms with Crippen molar-refractivity contribution < 1.29 is 18.0 Å². The molecular formula is C15H17F3N4O. The molecule has 3 rings (SSSR count). The monoisotopic (exact) mass is 326 g/mol. The molecule has 1 aliphatic carbocycles. The first kappa shape index (κ1) is 15.8. The van der Waals surface area contributed by atoms with Gasteiger partial charge in [0, 0.05) is 43.2 Å². The van der Waals surface area contributed by atoms with Crippen LogP contribution in [0.2, 0.25) is 0 Å². The standard InChI is InChI=1S/C15H17F3N4O/c16-15(17,18)6-7-19-14-20-9-10-5-8-22(13(10)21-14)11-1-3-12(23)4-2-11/h5,8-9,11H,1-4,6-7H2,(H,19,20,21). The van der Waals surface area contributed by atoms with Crippen molar-refractivity contribution in [2.45, 2.75) is 44.3 Å². The van der Waals surface area contributed by atoms with Gasteiger partial charge in [-0.15, -0.1) is 0 Å². The molecule has 0 aromatic carbocycles. The molecule has 0 spiro atoms. The van der Waals surface area contributed by atoms with Gasteiger partial charge in [0.25, 0.3) is 0 Å². The summed E-state index contributed by atoms with van der Waals surface area (Å²) in [5.41, 5.74) is 0.689. The number of rotatable bonds is 4. The number of carbonyl (C=O) groups excluding carboxylic acids is 1. The summed E-state index contributed by atoms with van der Waals surface area (Å²) in [6.07, 6.45) is 1.03. The Balaban J connectivity index is 1.76. The van der Waals surface area contributed by atoms with Crippen LogP contribution in [-0.2, 0) is 4.79 Å². The Kier molecular flexibility index (Phi) is 4.23. The van der Waals surface area contributed by atoms with Gasteiger partial charge in [-0.2, -0.15) is 18.2 Å². The first-order valence-corrected chi connectivity index (χ1v) is 7.58. The lowest BCUT2D eigenvalue weighted by Gasteiger charge is -2.23. The van der Waals surface area contributed by atoms with Crippen LogP contribution in [0, 0.1) is 0 Å². The zero-order chi connectivity index (χ0) is 16.4. The average molecular weight is 326 g/mol. The van der Waals surface area contributed by atoms with Gasteiger partial charge in [-0.3, -0.25) is 4.79 Å². The molecule has 0 aliphatic heterocycles. The van der Waals surface area contributed by atoms with Crippen LogP contribution in [0.15, 0.2) is 18.5 Å². The van der Waals surface area contributed by atoms with Crippen LogP contribution in [0.3, 0.4) is 0 Å². The molecule has 0 unspecified atom stereocenters. The highest BCUT2D eigenvalue weighted by Gasteiger charge is 2.26. The van der Waals surface area contributed by atoms with E-state index in [0.717, 1.165) is 18.2 Å². The van der Waals surface area contributed by atoms with Gasteiger partial charge in [-0.1, -0.05) is 0 Å². The van der Waals surface area contributed by atoms with E-state index in [1.165, 1.54) is 0 Å². The molecule has 124 valence electrons. The number of anilines is 1. The highest BCUT2D eigenvalue weighted by molar-refractivity contribution is 5.79. The maximum atomic E-state index is 12.2. The summed E-state index contributed by atoms with van der Waals surface area (Å²) in [6.45, 7) is -0.256. The predicted molar refractivity (Wildman–Crippen MR) is 79.2 cm³/mol. The Morgan fingerprint density at radius 2 is 2.04 bits per heavy atom. The van der Waals surface area contributed by atoms with Crippen molar-refractivity contribution in [3.05, 3.63) is 18.5 Å². The van der Waals surface area contributed by atoms with Crippen molar-refractivity contribution in [2.75, 3.05) is 11.9 Å². The fraction of sp³-hybridized carbons (Fsp3) is 0.533. The smallest absolute Gasteiger partial charge is 0.354 e. The number of nitrogens with zero attached hydrogens (tertiary/aromatic N) is 3. The van der Waals surface area contributed by atoms with Crippen LogP contribution in [0.1, 0.15) is 38.1 Å². The van der Waals surface area contributed by atoms with Crippen LogP contribution >= 0.6 is 0 Å². The van der Waals surface area contributed by atoms with Gasteiger partial charge in [-0.25, -0.2) is 4.98 Å². The second-order valence-corrected chi connectivity index (χ2v) is 5.76. The van der Waals surface area contributed by atoms with Crippen LogP contribution in [0.5, 0.6) is 0 Å². The Labute approximate surface area is 130 Å². The first-order chi connectivity index (χ1) is 10.9. The predicted octanol–water partition coefficient (Wildman–Crippen LogP) is 3.48. The maximum absolute atomic E-state index is 12.2. The van der Waals surface area contributed by atoms with Crippen LogP contribution in [0.25, 0.3) is 11.0 Å². The number of fused-ring (bicyclic) bond motifs is 1. The molecule has 0 amide bonds. The average Bonchev–Trinajstić information content (AvgIpc) is 2.90. The van der Waals surface area contributed by atoms with Crippen molar-refractivity contribution in [3.8, 4) is 0 Å². The molecule has 0 saturated heterocycles. The minimum absolute atomic E-state index is 0.189. The molecule has 1 saturated carbocycles. The minimum Gasteiger partial charge on any atom is -0.354 e. The normalized spacial score (nSPS) is 16.9. The lowest BCUT2D eigenvalue weighted by molar-refractivity contribution is -0.131. The summed E-state index contributed by atoms with van der Waals surface area (Å²) in [6, 6.07) is 2.08. The third kappa shape index (κ3) is 3.80. The zero-order valence-corrected chi connectivity index (χ0v) is 12.4. The van der Waals surface area contributed by atoms with Crippen molar-refractivity contribution in [1.82, 2.24) is 14.5 Å². The van der Waals surface area contributed by atoms with E-state index in [1.54, 1.807) is 6.20 Å². The number of carbonyl (C=O) groups is 1. The molecule has 1 aliphatic rings. The van der Waals surface area contributed by atoms with E-state index < -0.39 is 12.6 Å². The Bertz CT molecular complexity index is 700. The zero-order valence-electron chi connectivity index (χ0n) is 12.4. The van der Waals surface area contributed by atoms with Gasteiger partial charge >= 0.3 is 6.18 Å². The van der Waals surface area contributed by atoms with Crippen molar-refractivity contribution in [2.24, 2.45) is 0 Å². The molecule has 23 heavy (non-hydrogen) atoms. The molecule has 8 heteroatoms. The molecular weight excluding hydrogens is 309 g/mol. The summed E-state index contributed by atoms with van der Waals surface area (Å²) >= 11 is 0. The fourth-order valence-electron chi connectivity index (χ4n) is 2.84. The van der Waals surface area contributed by atoms with E-state index in [1.807, 2.05) is 16.8 Å². The molecule has 0 bridgehead atoms. The fourth-order valence-corrected chi connectivity index (χ4v) is 2.84. The Hall–Kier alpha value is -2.12. The summed E-state index contributed by atoms with van der Waals surface area (Å²) in [5.74, 6) is 0.468. The topological polar surface area (TPSA) is 59.8 Å². The maximum Gasteiger partial charge on any atom is 0.390 e. The molecule has 2 heterocycles. The number of halogens is 3. The number of nitrogens with one attached hydrogen (secondary N) is 1. The van der Waals surface area contributed by atoms with E-state index in [4.69, 9.17) is 0 Å². The van der Waals surface area contributed by atoms with E-state index in [-0.39, 0.29) is 24.3 Å². The van der Waals surface area contributed by atoms with Crippen molar-refractivity contribution in [3.63, 3.8) is 0 Å².